The maximum atomic E-state index is 11.6. The summed E-state index contributed by atoms with van der Waals surface area (Å²) >= 11 is 0. The number of carbonyl (C=O) groups excluding carboxylic acids is 1. The van der Waals surface area contributed by atoms with Crippen LogP contribution in [0.25, 0.3) is 5.82 Å². The zero-order valence-corrected chi connectivity index (χ0v) is 11.8. The fourth-order valence-electron chi connectivity index (χ4n) is 1.90. The maximum absolute atomic E-state index is 11.6. The van der Waals surface area contributed by atoms with Crippen LogP contribution in [0, 0.1) is 0 Å². The number of hydrogen-bond acceptors (Lipinski definition) is 6. The molecule has 0 amide bonds. The predicted octanol–water partition coefficient (Wildman–Crippen LogP) is 1.44. The van der Waals surface area contributed by atoms with E-state index in [0.29, 0.717) is 18.0 Å². The summed E-state index contributed by atoms with van der Waals surface area (Å²) in [6.45, 7) is 4.11. The lowest BCUT2D eigenvalue weighted by atomic mass is 10.2. The molecule has 0 atom stereocenters. The number of nitrogens with zero attached hydrogens (tertiary/aromatic N) is 4. The highest BCUT2D eigenvalue weighted by atomic mass is 16.5. The predicted molar refractivity (Wildman–Crippen MR) is 74.0 cm³/mol. The zero-order valence-electron chi connectivity index (χ0n) is 11.8. The Bertz CT molecular complexity index is 609. The van der Waals surface area contributed by atoms with Crippen LogP contribution in [-0.4, -0.2) is 39.4 Å². The van der Waals surface area contributed by atoms with Gasteiger partial charge in [0.25, 0.3) is 0 Å². The quantitative estimate of drug-likeness (QED) is 0.831. The van der Waals surface area contributed by atoms with Crippen LogP contribution in [0.15, 0.2) is 18.7 Å². The number of carbonyl (C=O) groups is 1. The van der Waals surface area contributed by atoms with Crippen molar-refractivity contribution in [2.24, 2.45) is 0 Å². The molecule has 20 heavy (non-hydrogen) atoms. The molecule has 0 spiro atoms. The third-order valence-corrected chi connectivity index (χ3v) is 2.82. The Kier molecular flexibility index (Phi) is 4.29. The summed E-state index contributed by atoms with van der Waals surface area (Å²) in [6, 6.07) is 0. The van der Waals surface area contributed by atoms with E-state index < -0.39 is 0 Å². The highest BCUT2D eigenvalue weighted by Gasteiger charge is 2.14. The van der Waals surface area contributed by atoms with Gasteiger partial charge in [0.15, 0.2) is 5.82 Å². The van der Waals surface area contributed by atoms with Gasteiger partial charge in [-0.15, -0.1) is 0 Å². The van der Waals surface area contributed by atoms with Gasteiger partial charge in [0, 0.05) is 18.8 Å². The number of esters is 1. The summed E-state index contributed by atoms with van der Waals surface area (Å²) in [7, 11) is 1.80. The second-order valence-corrected chi connectivity index (χ2v) is 4.02. The minimum atomic E-state index is -0.389. The summed E-state index contributed by atoms with van der Waals surface area (Å²) in [4.78, 5) is 20.1. The second-order valence-electron chi connectivity index (χ2n) is 4.02. The van der Waals surface area contributed by atoms with Gasteiger partial charge in [0.2, 0.25) is 0 Å². The molecule has 0 unspecified atom stereocenters. The van der Waals surface area contributed by atoms with Gasteiger partial charge in [0.05, 0.1) is 18.4 Å². The Balaban J connectivity index is 2.40. The number of ether oxygens (including phenoxy) is 1. The Morgan fingerprint density at radius 1 is 1.40 bits per heavy atom. The van der Waals surface area contributed by atoms with Gasteiger partial charge in [-0.3, -0.25) is 0 Å². The van der Waals surface area contributed by atoms with Crippen molar-refractivity contribution in [1.29, 1.82) is 0 Å². The van der Waals surface area contributed by atoms with Crippen molar-refractivity contribution in [3.05, 3.63) is 29.8 Å². The molecule has 2 rings (SSSR count). The first-order valence-electron chi connectivity index (χ1n) is 6.45. The van der Waals surface area contributed by atoms with E-state index in [0.717, 1.165) is 17.8 Å². The minimum absolute atomic E-state index is 0.335. The average molecular weight is 275 g/mol. The van der Waals surface area contributed by atoms with Gasteiger partial charge in [-0.1, -0.05) is 6.92 Å². The number of rotatable bonds is 5. The van der Waals surface area contributed by atoms with E-state index >= 15 is 0 Å². The molecule has 0 aliphatic rings. The molecular formula is C13H17N5O2. The summed E-state index contributed by atoms with van der Waals surface area (Å²) < 4.78 is 6.50. The fourth-order valence-corrected chi connectivity index (χ4v) is 1.90. The van der Waals surface area contributed by atoms with Crippen LogP contribution in [-0.2, 0) is 11.2 Å². The van der Waals surface area contributed by atoms with Gasteiger partial charge in [-0.05, 0) is 13.3 Å². The van der Waals surface area contributed by atoms with Crippen LogP contribution in [0.5, 0.6) is 0 Å². The summed E-state index contributed by atoms with van der Waals surface area (Å²) in [5.41, 5.74) is 1.34. The molecule has 7 heteroatoms. The topological polar surface area (TPSA) is 81.9 Å². The van der Waals surface area contributed by atoms with Crippen molar-refractivity contribution in [3.8, 4) is 5.82 Å². The number of nitrogens with one attached hydrogen (secondary N) is 1. The lowest BCUT2D eigenvalue weighted by molar-refractivity contribution is 0.0526. The SMILES string of the molecule is CCOC(=O)c1cnn(-c2ncnc(NC)c2CC)c1. The number of aromatic nitrogens is 4. The third-order valence-electron chi connectivity index (χ3n) is 2.82. The number of anilines is 1. The van der Waals surface area contributed by atoms with E-state index in [-0.39, 0.29) is 5.97 Å². The number of hydrogen-bond donors (Lipinski definition) is 1. The molecule has 2 heterocycles. The zero-order chi connectivity index (χ0) is 14.5. The summed E-state index contributed by atoms with van der Waals surface area (Å²) in [5.74, 6) is 1.02. The summed E-state index contributed by atoms with van der Waals surface area (Å²) in [6.07, 6.45) is 5.30. The molecule has 0 bridgehead atoms. The minimum Gasteiger partial charge on any atom is -0.462 e. The van der Waals surface area contributed by atoms with E-state index in [1.54, 1.807) is 24.9 Å². The molecule has 0 aliphatic carbocycles. The Labute approximate surface area is 117 Å². The van der Waals surface area contributed by atoms with Crippen molar-refractivity contribution in [2.45, 2.75) is 20.3 Å². The van der Waals surface area contributed by atoms with Crippen LogP contribution in [0.1, 0.15) is 29.8 Å². The molecule has 2 aromatic rings. The standard InChI is InChI=1S/C13H17N5O2/c1-4-10-11(14-3)15-8-16-12(10)18-7-9(6-17-18)13(19)20-5-2/h6-8H,4-5H2,1-3H3,(H,14,15,16). The molecule has 0 aliphatic heterocycles. The van der Waals surface area contributed by atoms with Crippen molar-refractivity contribution >= 4 is 11.8 Å². The first-order chi connectivity index (χ1) is 9.71. The molecule has 0 radical (unpaired) electrons. The normalized spacial score (nSPS) is 10.3. The first kappa shape index (κ1) is 14.0. The van der Waals surface area contributed by atoms with Crippen LogP contribution < -0.4 is 5.32 Å². The lowest BCUT2D eigenvalue weighted by Gasteiger charge is -2.10. The van der Waals surface area contributed by atoms with E-state index in [9.17, 15) is 4.79 Å². The van der Waals surface area contributed by atoms with Gasteiger partial charge in [-0.2, -0.15) is 5.10 Å². The van der Waals surface area contributed by atoms with Crippen LogP contribution in [0.4, 0.5) is 5.82 Å². The highest BCUT2D eigenvalue weighted by Crippen LogP contribution is 2.19. The van der Waals surface area contributed by atoms with E-state index in [1.807, 2.05) is 6.92 Å². The van der Waals surface area contributed by atoms with E-state index in [1.165, 1.54) is 12.5 Å². The van der Waals surface area contributed by atoms with Crippen LogP contribution in [0.2, 0.25) is 0 Å². The van der Waals surface area contributed by atoms with Crippen molar-refractivity contribution in [3.63, 3.8) is 0 Å². The fraction of sp³-hybridized carbons (Fsp3) is 0.385. The first-order valence-corrected chi connectivity index (χ1v) is 6.45. The Hall–Kier alpha value is -2.44. The smallest absolute Gasteiger partial charge is 0.341 e. The van der Waals surface area contributed by atoms with E-state index in [4.69, 9.17) is 4.74 Å². The average Bonchev–Trinajstić information content (AvgIpc) is 2.96. The molecule has 0 fully saturated rings. The molecule has 0 saturated heterocycles. The van der Waals surface area contributed by atoms with Crippen molar-refractivity contribution in [1.82, 2.24) is 19.7 Å². The van der Waals surface area contributed by atoms with E-state index in [2.05, 4.69) is 20.4 Å². The summed E-state index contributed by atoms with van der Waals surface area (Å²) in [5, 5.41) is 7.19. The van der Waals surface area contributed by atoms with Crippen LogP contribution >= 0.6 is 0 Å². The largest absolute Gasteiger partial charge is 0.462 e. The van der Waals surface area contributed by atoms with Crippen LogP contribution in [0.3, 0.4) is 0 Å². The molecule has 7 nitrogen and oxygen atoms in total. The maximum Gasteiger partial charge on any atom is 0.341 e. The van der Waals surface area contributed by atoms with Gasteiger partial charge >= 0.3 is 5.97 Å². The molecule has 106 valence electrons. The van der Waals surface area contributed by atoms with Crippen molar-refractivity contribution < 1.29 is 9.53 Å². The molecule has 2 aromatic heterocycles. The Morgan fingerprint density at radius 2 is 2.20 bits per heavy atom. The van der Waals surface area contributed by atoms with Gasteiger partial charge in [-0.25, -0.2) is 19.4 Å². The molecule has 0 saturated carbocycles. The van der Waals surface area contributed by atoms with Crippen molar-refractivity contribution in [2.75, 3.05) is 19.0 Å². The van der Waals surface area contributed by atoms with Gasteiger partial charge < -0.3 is 10.1 Å². The third kappa shape index (κ3) is 2.61. The highest BCUT2D eigenvalue weighted by molar-refractivity contribution is 5.88. The molecule has 1 N–H and O–H groups in total. The Morgan fingerprint density at radius 3 is 2.85 bits per heavy atom. The molecule has 0 aromatic carbocycles. The van der Waals surface area contributed by atoms with Gasteiger partial charge in [0.1, 0.15) is 12.1 Å². The second kappa shape index (κ2) is 6.14. The monoisotopic (exact) mass is 275 g/mol. The lowest BCUT2D eigenvalue weighted by Crippen LogP contribution is -2.08. The molecular weight excluding hydrogens is 258 g/mol.